The fraction of sp³-hybridized carbons (Fsp3) is 0.941. The minimum atomic E-state index is 0.259. The van der Waals surface area contributed by atoms with E-state index in [2.05, 4.69) is 12.2 Å². The fourth-order valence-corrected chi connectivity index (χ4v) is 3.17. The molecule has 0 unspecified atom stereocenters. The Morgan fingerprint density at radius 2 is 1.75 bits per heavy atom. The molecular weight excluding hydrogens is 248 g/mol. The second kappa shape index (κ2) is 11.1. The predicted octanol–water partition coefficient (Wildman–Crippen LogP) is 3.76. The van der Waals surface area contributed by atoms with Crippen molar-refractivity contribution in [1.82, 2.24) is 5.32 Å². The first-order valence-electron chi connectivity index (χ1n) is 8.75. The summed E-state index contributed by atoms with van der Waals surface area (Å²) in [6, 6.07) is 0.449. The van der Waals surface area contributed by atoms with Gasteiger partial charge in [-0.05, 0) is 51.0 Å². The lowest BCUT2D eigenvalue weighted by Crippen LogP contribution is -2.37. The highest BCUT2D eigenvalue weighted by Gasteiger charge is 2.21. The van der Waals surface area contributed by atoms with Gasteiger partial charge in [-0.2, -0.15) is 0 Å². The van der Waals surface area contributed by atoms with Crippen molar-refractivity contribution in [2.45, 2.75) is 90.0 Å². The van der Waals surface area contributed by atoms with Gasteiger partial charge in [-0.15, -0.1) is 0 Å². The first-order chi connectivity index (χ1) is 9.76. The van der Waals surface area contributed by atoms with Crippen LogP contribution in [-0.4, -0.2) is 18.5 Å². The summed E-state index contributed by atoms with van der Waals surface area (Å²) >= 11 is 0. The maximum absolute atomic E-state index is 11.9. The molecule has 1 aliphatic rings. The first-order valence-corrected chi connectivity index (χ1v) is 8.75. The standard InChI is InChI=1S/C17H34N2O/c1-2-3-8-15-10-12-16(13-11-15)19-17(20)9-6-4-5-7-14-18/h15-16H,2-14,18H2,1H3,(H,19,20). The lowest BCUT2D eigenvalue weighted by Gasteiger charge is -2.29. The molecule has 0 spiro atoms. The van der Waals surface area contributed by atoms with Gasteiger partial charge in [0.2, 0.25) is 5.91 Å². The second-order valence-corrected chi connectivity index (χ2v) is 6.38. The van der Waals surface area contributed by atoms with Crippen molar-refractivity contribution in [1.29, 1.82) is 0 Å². The van der Waals surface area contributed by atoms with Crippen LogP contribution >= 0.6 is 0 Å². The lowest BCUT2D eigenvalue weighted by atomic mass is 9.83. The van der Waals surface area contributed by atoms with Gasteiger partial charge in [0, 0.05) is 12.5 Å². The molecule has 0 saturated heterocycles. The van der Waals surface area contributed by atoms with Crippen LogP contribution in [0.15, 0.2) is 0 Å². The Labute approximate surface area is 125 Å². The molecule has 20 heavy (non-hydrogen) atoms. The molecule has 0 bridgehead atoms. The molecule has 1 aliphatic carbocycles. The third-order valence-corrected chi connectivity index (χ3v) is 4.54. The largest absolute Gasteiger partial charge is 0.353 e. The molecule has 0 aromatic carbocycles. The Bertz CT molecular complexity index is 247. The van der Waals surface area contributed by atoms with Crippen molar-refractivity contribution in [3.63, 3.8) is 0 Å². The van der Waals surface area contributed by atoms with E-state index < -0.39 is 0 Å². The van der Waals surface area contributed by atoms with E-state index in [0.717, 1.165) is 38.1 Å². The number of nitrogens with two attached hydrogens (primary N) is 1. The van der Waals surface area contributed by atoms with Gasteiger partial charge in [0.15, 0.2) is 0 Å². The normalized spacial score (nSPS) is 22.7. The Kier molecular flexibility index (Phi) is 9.73. The van der Waals surface area contributed by atoms with E-state index in [-0.39, 0.29) is 5.91 Å². The number of hydrogen-bond acceptors (Lipinski definition) is 2. The summed E-state index contributed by atoms with van der Waals surface area (Å²) in [6.07, 6.45) is 14.1. The average Bonchev–Trinajstić information content (AvgIpc) is 2.46. The summed E-state index contributed by atoms with van der Waals surface area (Å²) in [5, 5.41) is 3.22. The monoisotopic (exact) mass is 282 g/mol. The molecule has 3 heteroatoms. The molecule has 1 rings (SSSR count). The number of rotatable bonds is 10. The number of amides is 1. The highest BCUT2D eigenvalue weighted by molar-refractivity contribution is 5.76. The van der Waals surface area contributed by atoms with Crippen LogP contribution in [0.25, 0.3) is 0 Å². The maximum atomic E-state index is 11.9. The summed E-state index contributed by atoms with van der Waals surface area (Å²) in [5.41, 5.74) is 5.46. The molecule has 118 valence electrons. The SMILES string of the molecule is CCCCC1CCC(NC(=O)CCCCCCN)CC1. The summed E-state index contributed by atoms with van der Waals surface area (Å²) in [5.74, 6) is 1.18. The van der Waals surface area contributed by atoms with Crippen LogP contribution in [0, 0.1) is 5.92 Å². The number of nitrogens with one attached hydrogen (secondary N) is 1. The zero-order valence-corrected chi connectivity index (χ0v) is 13.3. The fourth-order valence-electron chi connectivity index (χ4n) is 3.17. The van der Waals surface area contributed by atoms with E-state index in [1.54, 1.807) is 0 Å². The van der Waals surface area contributed by atoms with Crippen molar-refractivity contribution in [3.8, 4) is 0 Å². The Morgan fingerprint density at radius 3 is 2.40 bits per heavy atom. The molecular formula is C17H34N2O. The molecule has 0 aliphatic heterocycles. The molecule has 0 aromatic heterocycles. The third kappa shape index (κ3) is 7.88. The molecule has 1 amide bonds. The molecule has 0 heterocycles. The molecule has 3 N–H and O–H groups in total. The number of unbranched alkanes of at least 4 members (excludes halogenated alkanes) is 4. The van der Waals surface area contributed by atoms with Crippen molar-refractivity contribution < 1.29 is 4.79 Å². The van der Waals surface area contributed by atoms with Crippen molar-refractivity contribution in [2.24, 2.45) is 11.7 Å². The zero-order chi connectivity index (χ0) is 14.6. The molecule has 3 nitrogen and oxygen atoms in total. The number of carbonyl (C=O) groups is 1. The lowest BCUT2D eigenvalue weighted by molar-refractivity contribution is -0.122. The molecule has 1 saturated carbocycles. The Morgan fingerprint density at radius 1 is 1.05 bits per heavy atom. The van der Waals surface area contributed by atoms with Gasteiger partial charge < -0.3 is 11.1 Å². The minimum absolute atomic E-state index is 0.259. The summed E-state index contributed by atoms with van der Waals surface area (Å²) in [6.45, 7) is 3.03. The highest BCUT2D eigenvalue weighted by atomic mass is 16.1. The van der Waals surface area contributed by atoms with Crippen LogP contribution in [-0.2, 0) is 4.79 Å². The quantitative estimate of drug-likeness (QED) is 0.599. The van der Waals surface area contributed by atoms with Gasteiger partial charge in [-0.25, -0.2) is 0 Å². The maximum Gasteiger partial charge on any atom is 0.220 e. The van der Waals surface area contributed by atoms with Crippen LogP contribution in [0.1, 0.15) is 84.0 Å². The van der Waals surface area contributed by atoms with Crippen LogP contribution in [0.4, 0.5) is 0 Å². The van der Waals surface area contributed by atoms with Crippen LogP contribution in [0.3, 0.4) is 0 Å². The van der Waals surface area contributed by atoms with Gasteiger partial charge >= 0.3 is 0 Å². The third-order valence-electron chi connectivity index (χ3n) is 4.54. The van der Waals surface area contributed by atoms with E-state index in [4.69, 9.17) is 5.73 Å². The van der Waals surface area contributed by atoms with Gasteiger partial charge in [0.1, 0.15) is 0 Å². The van der Waals surface area contributed by atoms with Crippen LogP contribution < -0.4 is 11.1 Å². The van der Waals surface area contributed by atoms with Crippen LogP contribution in [0.5, 0.6) is 0 Å². The molecule has 0 atom stereocenters. The first kappa shape index (κ1) is 17.5. The predicted molar refractivity (Wildman–Crippen MR) is 85.6 cm³/mol. The Hall–Kier alpha value is -0.570. The van der Waals surface area contributed by atoms with Gasteiger partial charge in [-0.1, -0.05) is 39.0 Å². The van der Waals surface area contributed by atoms with Crippen molar-refractivity contribution >= 4 is 5.91 Å². The van der Waals surface area contributed by atoms with E-state index >= 15 is 0 Å². The van der Waals surface area contributed by atoms with E-state index in [1.165, 1.54) is 44.9 Å². The summed E-state index contributed by atoms with van der Waals surface area (Å²) in [7, 11) is 0. The number of carbonyl (C=O) groups excluding carboxylic acids is 1. The van der Waals surface area contributed by atoms with Gasteiger partial charge in [0.25, 0.3) is 0 Å². The van der Waals surface area contributed by atoms with E-state index in [1.807, 2.05) is 0 Å². The molecule has 1 fully saturated rings. The van der Waals surface area contributed by atoms with Gasteiger partial charge in [-0.3, -0.25) is 4.79 Å². The van der Waals surface area contributed by atoms with Gasteiger partial charge in [0.05, 0.1) is 0 Å². The second-order valence-electron chi connectivity index (χ2n) is 6.38. The summed E-state index contributed by atoms with van der Waals surface area (Å²) < 4.78 is 0. The van der Waals surface area contributed by atoms with Crippen molar-refractivity contribution in [3.05, 3.63) is 0 Å². The molecule has 0 radical (unpaired) electrons. The molecule has 0 aromatic rings. The number of hydrogen-bond donors (Lipinski definition) is 2. The minimum Gasteiger partial charge on any atom is -0.353 e. The smallest absolute Gasteiger partial charge is 0.220 e. The Balaban J connectivity index is 2.03. The van der Waals surface area contributed by atoms with E-state index in [9.17, 15) is 4.79 Å². The zero-order valence-electron chi connectivity index (χ0n) is 13.3. The van der Waals surface area contributed by atoms with Crippen LogP contribution in [0.2, 0.25) is 0 Å². The van der Waals surface area contributed by atoms with E-state index in [0.29, 0.717) is 12.5 Å². The highest BCUT2D eigenvalue weighted by Crippen LogP contribution is 2.28. The topological polar surface area (TPSA) is 55.1 Å². The average molecular weight is 282 g/mol. The van der Waals surface area contributed by atoms with Crippen molar-refractivity contribution in [2.75, 3.05) is 6.54 Å². The summed E-state index contributed by atoms with van der Waals surface area (Å²) in [4.78, 5) is 11.9.